The normalized spacial score (nSPS) is 23.9. The highest BCUT2D eigenvalue weighted by atomic mass is 19.4. The number of hydrogen-bond acceptors (Lipinski definition) is 7. The van der Waals surface area contributed by atoms with Crippen LogP contribution in [0.3, 0.4) is 0 Å². The molecular formula is C23H30F6N2O7. The van der Waals surface area contributed by atoms with E-state index in [4.69, 9.17) is 34.0 Å². The summed E-state index contributed by atoms with van der Waals surface area (Å²) in [5.41, 5.74) is 1.33. The number of rotatable bonds is 5. The van der Waals surface area contributed by atoms with E-state index >= 15 is 0 Å². The number of carboxylic acids is 2. The van der Waals surface area contributed by atoms with E-state index in [0.29, 0.717) is 18.2 Å². The van der Waals surface area contributed by atoms with E-state index in [1.165, 1.54) is 18.4 Å². The Hall–Kier alpha value is -2.62. The zero-order valence-corrected chi connectivity index (χ0v) is 20.5. The Kier molecular flexibility index (Phi) is 11.6. The van der Waals surface area contributed by atoms with Gasteiger partial charge in [-0.1, -0.05) is 12.1 Å². The van der Waals surface area contributed by atoms with Gasteiger partial charge in [-0.05, 0) is 30.5 Å². The average molecular weight is 560 g/mol. The summed E-state index contributed by atoms with van der Waals surface area (Å²) in [6, 6.07) is 8.91. The zero-order valence-electron chi connectivity index (χ0n) is 20.5. The quantitative estimate of drug-likeness (QED) is 0.526. The molecule has 3 atom stereocenters. The van der Waals surface area contributed by atoms with Gasteiger partial charge in [-0.15, -0.1) is 0 Å². The molecule has 3 aliphatic rings. The first-order valence-corrected chi connectivity index (χ1v) is 11.6. The number of nitrogens with zero attached hydrogens (tertiary/aromatic N) is 2. The van der Waals surface area contributed by atoms with Crippen LogP contribution in [0.2, 0.25) is 0 Å². The van der Waals surface area contributed by atoms with Crippen LogP contribution in [0.1, 0.15) is 18.4 Å². The summed E-state index contributed by atoms with van der Waals surface area (Å²) in [5.74, 6) is -4.60. The van der Waals surface area contributed by atoms with Crippen molar-refractivity contribution >= 4 is 11.9 Å². The highest BCUT2D eigenvalue weighted by Gasteiger charge is 2.41. The van der Waals surface area contributed by atoms with Gasteiger partial charge in [-0.2, -0.15) is 26.3 Å². The first kappa shape index (κ1) is 31.6. The molecule has 216 valence electrons. The van der Waals surface area contributed by atoms with Crippen LogP contribution >= 0.6 is 0 Å². The van der Waals surface area contributed by atoms with Gasteiger partial charge in [0.1, 0.15) is 5.75 Å². The van der Waals surface area contributed by atoms with Crippen molar-refractivity contribution in [3.05, 3.63) is 29.8 Å². The van der Waals surface area contributed by atoms with E-state index in [2.05, 4.69) is 21.9 Å². The van der Waals surface area contributed by atoms with Crippen LogP contribution in [-0.2, 0) is 25.6 Å². The van der Waals surface area contributed by atoms with Crippen molar-refractivity contribution in [2.24, 2.45) is 0 Å². The lowest BCUT2D eigenvalue weighted by Crippen LogP contribution is -2.52. The van der Waals surface area contributed by atoms with Crippen molar-refractivity contribution in [1.29, 1.82) is 0 Å². The predicted molar refractivity (Wildman–Crippen MR) is 120 cm³/mol. The molecular weight excluding hydrogens is 530 g/mol. The van der Waals surface area contributed by atoms with E-state index < -0.39 is 24.3 Å². The van der Waals surface area contributed by atoms with Crippen LogP contribution in [0, 0.1) is 0 Å². The fraction of sp³-hybridized carbons (Fsp3) is 0.652. The van der Waals surface area contributed by atoms with E-state index in [1.54, 1.807) is 7.11 Å². The molecule has 0 radical (unpaired) electrons. The lowest BCUT2D eigenvalue weighted by molar-refractivity contribution is -0.193. The number of benzene rings is 1. The van der Waals surface area contributed by atoms with E-state index in [-0.39, 0.29) is 0 Å². The van der Waals surface area contributed by atoms with Crippen LogP contribution in [0.25, 0.3) is 0 Å². The predicted octanol–water partition coefficient (Wildman–Crippen LogP) is 3.03. The van der Waals surface area contributed by atoms with Gasteiger partial charge in [0.05, 0.1) is 25.9 Å². The fourth-order valence-electron chi connectivity index (χ4n) is 4.23. The van der Waals surface area contributed by atoms with Crippen LogP contribution in [0.4, 0.5) is 26.3 Å². The highest BCUT2D eigenvalue weighted by molar-refractivity contribution is 5.73. The monoisotopic (exact) mass is 560 g/mol. The van der Waals surface area contributed by atoms with Gasteiger partial charge in [-0.3, -0.25) is 9.80 Å². The second-order valence-corrected chi connectivity index (χ2v) is 8.75. The summed E-state index contributed by atoms with van der Waals surface area (Å²) in [6.45, 7) is 6.99. The summed E-state index contributed by atoms with van der Waals surface area (Å²) < 4.78 is 80.6. The molecule has 3 heterocycles. The topological polar surface area (TPSA) is 109 Å². The number of morpholine rings is 1. The Balaban J connectivity index is 0.000000301. The number of halogens is 6. The third-order valence-corrected chi connectivity index (χ3v) is 6.00. The number of carboxylic acid groups (broad SMARTS) is 2. The lowest BCUT2D eigenvalue weighted by atomic mass is 10.1. The Labute approximate surface area is 214 Å². The molecule has 1 aromatic rings. The lowest BCUT2D eigenvalue weighted by Gasteiger charge is -2.38. The summed E-state index contributed by atoms with van der Waals surface area (Å²) in [4.78, 5) is 22.9. The molecule has 3 saturated heterocycles. The Bertz CT molecular complexity index is 868. The Morgan fingerprint density at radius 2 is 1.55 bits per heavy atom. The number of carbonyl (C=O) groups is 2. The van der Waals surface area contributed by atoms with Crippen LogP contribution in [0.5, 0.6) is 5.75 Å². The molecule has 1 aromatic carbocycles. The molecule has 0 aromatic heterocycles. The van der Waals surface area contributed by atoms with Gasteiger partial charge < -0.3 is 24.4 Å². The molecule has 4 rings (SSSR count). The molecule has 3 fully saturated rings. The molecule has 2 N–H and O–H groups in total. The highest BCUT2D eigenvalue weighted by Crippen LogP contribution is 2.26. The van der Waals surface area contributed by atoms with Crippen LogP contribution < -0.4 is 4.74 Å². The maximum Gasteiger partial charge on any atom is 0.490 e. The molecule has 38 heavy (non-hydrogen) atoms. The Morgan fingerprint density at radius 1 is 0.974 bits per heavy atom. The second kappa shape index (κ2) is 14.0. The van der Waals surface area contributed by atoms with Crippen molar-refractivity contribution in [3.63, 3.8) is 0 Å². The van der Waals surface area contributed by atoms with Crippen molar-refractivity contribution < 1.29 is 60.4 Å². The first-order chi connectivity index (χ1) is 17.7. The summed E-state index contributed by atoms with van der Waals surface area (Å²) in [5, 5.41) is 14.2. The number of aliphatic carboxylic acids is 2. The van der Waals surface area contributed by atoms with Crippen LogP contribution in [0.15, 0.2) is 24.3 Å². The number of hydrogen-bond donors (Lipinski definition) is 2. The standard InChI is InChI=1S/C19H28N2O3.2C2HF3O2/c1-22-16-6-4-15(5-7-16)11-20-13-18-19(14-20)24-10-8-21(18)12-17-3-2-9-23-17;2*3-2(4,5)1(6)7/h4-7,17-19H,2-3,8-14H2,1H3;2*(H,6,7)/t17?,18-,19+;;/m1../s1. The summed E-state index contributed by atoms with van der Waals surface area (Å²) in [7, 11) is 1.71. The van der Waals surface area contributed by atoms with Gasteiger partial charge in [0.25, 0.3) is 0 Å². The van der Waals surface area contributed by atoms with E-state index in [0.717, 1.165) is 51.7 Å². The fourth-order valence-corrected chi connectivity index (χ4v) is 4.23. The van der Waals surface area contributed by atoms with Crippen molar-refractivity contribution in [3.8, 4) is 5.75 Å². The number of methoxy groups -OCH3 is 1. The number of ether oxygens (including phenoxy) is 3. The SMILES string of the molecule is COc1ccc(CN2C[C@@H]3OCCN(CC4CCCO4)[C@@H]3C2)cc1.O=C(O)C(F)(F)F.O=C(O)C(F)(F)F. The van der Waals surface area contributed by atoms with Gasteiger partial charge >= 0.3 is 24.3 Å². The number of alkyl halides is 6. The molecule has 0 amide bonds. The van der Waals surface area contributed by atoms with Gasteiger partial charge in [0.2, 0.25) is 0 Å². The molecule has 0 aliphatic carbocycles. The summed E-state index contributed by atoms with van der Waals surface area (Å²) >= 11 is 0. The molecule has 1 unspecified atom stereocenters. The van der Waals surface area contributed by atoms with Crippen molar-refractivity contribution in [1.82, 2.24) is 9.80 Å². The molecule has 0 bridgehead atoms. The van der Waals surface area contributed by atoms with Crippen LogP contribution in [-0.4, -0.2) is 109 Å². The van der Waals surface area contributed by atoms with Gasteiger partial charge in [0, 0.05) is 45.4 Å². The third kappa shape index (κ3) is 10.3. The van der Waals surface area contributed by atoms with Gasteiger partial charge in [-0.25, -0.2) is 9.59 Å². The molecule has 9 nitrogen and oxygen atoms in total. The Morgan fingerprint density at radius 3 is 2.03 bits per heavy atom. The minimum Gasteiger partial charge on any atom is -0.497 e. The van der Waals surface area contributed by atoms with E-state index in [1.807, 2.05) is 12.1 Å². The van der Waals surface area contributed by atoms with E-state index in [9.17, 15) is 26.3 Å². The third-order valence-electron chi connectivity index (χ3n) is 6.00. The molecule has 15 heteroatoms. The summed E-state index contributed by atoms with van der Waals surface area (Å²) in [6.07, 6.45) is -6.96. The zero-order chi connectivity index (χ0) is 28.5. The molecule has 0 spiro atoms. The minimum atomic E-state index is -5.08. The maximum absolute atomic E-state index is 10.6. The maximum atomic E-state index is 10.6. The smallest absolute Gasteiger partial charge is 0.490 e. The largest absolute Gasteiger partial charge is 0.497 e. The number of fused-ring (bicyclic) bond motifs is 1. The van der Waals surface area contributed by atoms with Crippen molar-refractivity contribution in [2.75, 3.05) is 46.5 Å². The van der Waals surface area contributed by atoms with Crippen molar-refractivity contribution in [2.45, 2.75) is 50.0 Å². The number of likely N-dealkylation sites (tertiary alicyclic amines) is 1. The van der Waals surface area contributed by atoms with Gasteiger partial charge in [0.15, 0.2) is 0 Å². The average Bonchev–Trinajstić information content (AvgIpc) is 3.49. The molecule has 3 aliphatic heterocycles. The minimum absolute atomic E-state index is 0.346. The first-order valence-electron chi connectivity index (χ1n) is 11.6. The molecule has 0 saturated carbocycles. The second-order valence-electron chi connectivity index (χ2n) is 8.75.